The maximum atomic E-state index is 4.96. The molecule has 0 aromatic carbocycles. The molecule has 0 radical (unpaired) electrons. The van der Waals surface area contributed by atoms with Crippen molar-refractivity contribution in [3.05, 3.63) is 18.9 Å². The first-order valence-electron chi connectivity index (χ1n) is 3.99. The van der Waals surface area contributed by atoms with Crippen LogP contribution in [0.3, 0.4) is 0 Å². The molecular formula is C8H16INOSi. The van der Waals surface area contributed by atoms with E-state index in [0.717, 1.165) is 6.54 Å². The van der Waals surface area contributed by atoms with Crippen molar-refractivity contribution in [3.8, 4) is 0 Å². The molecule has 0 fully saturated rings. The lowest BCUT2D eigenvalue weighted by molar-refractivity contribution is -0.696. The normalized spacial score (nSPS) is 10.9. The van der Waals surface area contributed by atoms with Gasteiger partial charge in [-0.05, 0) is 0 Å². The van der Waals surface area contributed by atoms with E-state index in [-0.39, 0.29) is 24.0 Å². The topological polar surface area (TPSA) is 17.0 Å². The van der Waals surface area contributed by atoms with Crippen LogP contribution in [0.5, 0.6) is 0 Å². The monoisotopic (exact) mass is 297 g/mol. The number of halogens is 1. The van der Waals surface area contributed by atoms with Crippen molar-refractivity contribution in [1.29, 1.82) is 0 Å². The fourth-order valence-electron chi connectivity index (χ4n) is 0.853. The molecule has 0 bridgehead atoms. The first-order valence-corrected chi connectivity index (χ1v) is 7.70. The second-order valence-electron chi connectivity index (χ2n) is 4.08. The van der Waals surface area contributed by atoms with Gasteiger partial charge in [-0.3, -0.25) is 0 Å². The van der Waals surface area contributed by atoms with E-state index in [0.29, 0.717) is 0 Å². The van der Waals surface area contributed by atoms with Crippen molar-refractivity contribution in [2.24, 2.45) is 0 Å². The summed E-state index contributed by atoms with van der Waals surface area (Å²) in [4.78, 5) is 0. The van der Waals surface area contributed by atoms with E-state index in [1.165, 1.54) is 6.04 Å². The predicted octanol–water partition coefficient (Wildman–Crippen LogP) is -1.09. The summed E-state index contributed by atoms with van der Waals surface area (Å²) in [6.07, 6.45) is 5.45. The van der Waals surface area contributed by atoms with E-state index in [4.69, 9.17) is 4.42 Å². The minimum absolute atomic E-state index is 0. The fourth-order valence-corrected chi connectivity index (χ4v) is 1.78. The maximum absolute atomic E-state index is 4.96. The zero-order valence-corrected chi connectivity index (χ0v) is 11.0. The SMILES string of the molecule is C[Si](C)(C)CC[n+]1ccoc1.[I-]. The molecule has 0 aliphatic carbocycles. The molecule has 1 aromatic rings. The van der Waals surface area contributed by atoms with E-state index in [2.05, 4.69) is 24.2 Å². The summed E-state index contributed by atoms with van der Waals surface area (Å²) in [5.74, 6) is 0. The van der Waals surface area contributed by atoms with Gasteiger partial charge in [-0.1, -0.05) is 19.6 Å². The Kier molecular flexibility index (Phi) is 5.08. The summed E-state index contributed by atoms with van der Waals surface area (Å²) >= 11 is 0. The Morgan fingerprint density at radius 1 is 1.33 bits per heavy atom. The number of aromatic nitrogens is 1. The van der Waals surface area contributed by atoms with Gasteiger partial charge in [-0.25, -0.2) is 0 Å². The number of hydrogen-bond donors (Lipinski definition) is 0. The van der Waals surface area contributed by atoms with Gasteiger partial charge in [0.15, 0.2) is 6.26 Å². The summed E-state index contributed by atoms with van der Waals surface area (Å²) in [6, 6.07) is 1.32. The van der Waals surface area contributed by atoms with Gasteiger partial charge in [0.1, 0.15) is 6.54 Å². The molecule has 2 nitrogen and oxygen atoms in total. The number of hydrogen-bond acceptors (Lipinski definition) is 1. The first kappa shape index (κ1) is 12.2. The number of rotatable bonds is 3. The van der Waals surface area contributed by atoms with Crippen LogP contribution < -0.4 is 28.5 Å². The number of nitrogens with zero attached hydrogens (tertiary/aromatic N) is 1. The molecule has 0 N–H and O–H groups in total. The number of oxazole rings is 1. The van der Waals surface area contributed by atoms with Crippen LogP contribution in [0.25, 0.3) is 0 Å². The van der Waals surface area contributed by atoms with E-state index in [1.54, 1.807) is 12.7 Å². The smallest absolute Gasteiger partial charge is 0.334 e. The molecule has 0 aliphatic heterocycles. The zero-order chi connectivity index (χ0) is 8.32. The average Bonchev–Trinajstić information content (AvgIpc) is 2.32. The van der Waals surface area contributed by atoms with Gasteiger partial charge in [0, 0.05) is 6.04 Å². The Morgan fingerprint density at radius 2 is 2.00 bits per heavy atom. The van der Waals surface area contributed by atoms with E-state index < -0.39 is 8.07 Å². The third kappa shape index (κ3) is 4.92. The Hall–Kier alpha value is 0.157. The van der Waals surface area contributed by atoms with E-state index in [9.17, 15) is 0 Å². The molecule has 0 unspecified atom stereocenters. The lowest BCUT2D eigenvalue weighted by Crippen LogP contribution is -3.00. The summed E-state index contributed by atoms with van der Waals surface area (Å²) in [6.45, 7) is 8.25. The van der Waals surface area contributed by atoms with Crippen molar-refractivity contribution in [1.82, 2.24) is 0 Å². The largest absolute Gasteiger partial charge is 1.00 e. The Balaban J connectivity index is 0.00000121. The second-order valence-corrected chi connectivity index (χ2v) is 9.70. The molecule has 0 amide bonds. The van der Waals surface area contributed by atoms with Crippen LogP contribution >= 0.6 is 0 Å². The molecule has 1 aromatic heterocycles. The molecule has 0 atom stereocenters. The number of aryl methyl sites for hydroxylation is 1. The molecule has 1 heterocycles. The van der Waals surface area contributed by atoms with Crippen LogP contribution in [-0.4, -0.2) is 8.07 Å². The van der Waals surface area contributed by atoms with Crippen LogP contribution in [0.4, 0.5) is 0 Å². The van der Waals surface area contributed by atoms with E-state index >= 15 is 0 Å². The van der Waals surface area contributed by atoms with Gasteiger partial charge in [-0.2, -0.15) is 4.57 Å². The summed E-state index contributed by atoms with van der Waals surface area (Å²) < 4.78 is 7.05. The molecular weight excluding hydrogens is 281 g/mol. The van der Waals surface area contributed by atoms with Crippen molar-refractivity contribution in [3.63, 3.8) is 0 Å². The van der Waals surface area contributed by atoms with Crippen molar-refractivity contribution >= 4 is 8.07 Å². The molecule has 12 heavy (non-hydrogen) atoms. The van der Waals surface area contributed by atoms with Gasteiger partial charge in [-0.15, -0.1) is 0 Å². The third-order valence-electron chi connectivity index (χ3n) is 1.65. The lowest BCUT2D eigenvalue weighted by Gasteiger charge is -2.11. The fraction of sp³-hybridized carbons (Fsp3) is 0.625. The van der Waals surface area contributed by atoms with Gasteiger partial charge in [0.05, 0.1) is 8.07 Å². The summed E-state index contributed by atoms with van der Waals surface area (Å²) in [5, 5.41) is 0. The minimum Gasteiger partial charge on any atom is -1.00 e. The van der Waals surface area contributed by atoms with E-state index in [1.807, 2.05) is 6.20 Å². The van der Waals surface area contributed by atoms with Gasteiger partial charge < -0.3 is 28.4 Å². The van der Waals surface area contributed by atoms with Crippen LogP contribution in [0.1, 0.15) is 0 Å². The maximum Gasteiger partial charge on any atom is 0.334 e. The average molecular weight is 297 g/mol. The Labute approximate surface area is 92.0 Å². The molecule has 70 valence electrons. The highest BCUT2D eigenvalue weighted by atomic mass is 127. The minimum atomic E-state index is -0.876. The van der Waals surface area contributed by atoms with Crippen LogP contribution in [0.2, 0.25) is 25.7 Å². The molecule has 0 saturated heterocycles. The van der Waals surface area contributed by atoms with Gasteiger partial charge in [0.25, 0.3) is 0 Å². The second kappa shape index (κ2) is 5.01. The first-order chi connectivity index (χ1) is 5.08. The molecule has 0 aliphatic rings. The summed E-state index contributed by atoms with van der Waals surface area (Å²) in [5.41, 5.74) is 0. The Bertz CT molecular complexity index is 205. The van der Waals surface area contributed by atoms with Crippen LogP contribution in [0.15, 0.2) is 23.3 Å². The molecule has 1 rings (SSSR count). The Morgan fingerprint density at radius 3 is 2.42 bits per heavy atom. The highest BCUT2D eigenvalue weighted by Crippen LogP contribution is 2.06. The summed E-state index contributed by atoms with van der Waals surface area (Å²) in [7, 11) is -0.876. The molecule has 0 spiro atoms. The van der Waals surface area contributed by atoms with Crippen LogP contribution in [0, 0.1) is 0 Å². The predicted molar refractivity (Wildman–Crippen MR) is 47.1 cm³/mol. The lowest BCUT2D eigenvalue weighted by atomic mass is 10.7. The quantitative estimate of drug-likeness (QED) is 0.394. The van der Waals surface area contributed by atoms with Crippen LogP contribution in [-0.2, 0) is 6.54 Å². The van der Waals surface area contributed by atoms with Crippen molar-refractivity contribution in [2.75, 3.05) is 0 Å². The van der Waals surface area contributed by atoms with Gasteiger partial charge >= 0.3 is 6.39 Å². The van der Waals surface area contributed by atoms with Crippen molar-refractivity contribution in [2.45, 2.75) is 32.2 Å². The standard InChI is InChI=1S/C8H16NOSi.HI/c1-11(2,3)7-5-9-4-6-10-8-9;/h4,6,8H,5,7H2,1-3H3;1H/q+1;/p-1. The van der Waals surface area contributed by atoms with Crippen molar-refractivity contribution < 1.29 is 33.0 Å². The van der Waals surface area contributed by atoms with Gasteiger partial charge in [0.2, 0.25) is 6.20 Å². The molecule has 4 heteroatoms. The highest BCUT2D eigenvalue weighted by molar-refractivity contribution is 6.76. The zero-order valence-electron chi connectivity index (χ0n) is 7.88. The third-order valence-corrected chi connectivity index (χ3v) is 3.37. The highest BCUT2D eigenvalue weighted by Gasteiger charge is 2.15. The molecule has 0 saturated carbocycles.